The average Bonchev–Trinajstić information content (AvgIpc) is 2.14. The zero-order chi connectivity index (χ0) is 11.2. The number of nitrogens with zero attached hydrogens (tertiary/aromatic N) is 1. The smallest absolute Gasteiger partial charge is 0.238 e. The predicted octanol–water partition coefficient (Wildman–Crippen LogP) is 0.769. The van der Waals surface area contributed by atoms with Crippen molar-refractivity contribution in [2.75, 3.05) is 11.5 Å². The van der Waals surface area contributed by atoms with Gasteiger partial charge in [0.2, 0.25) is 5.91 Å². The van der Waals surface area contributed by atoms with Crippen LogP contribution in [0.25, 0.3) is 0 Å². The highest BCUT2D eigenvalue weighted by atomic mass is 32.2. The molecule has 1 atom stereocenters. The SMILES string of the molecule is CCS(=O)CCC(C)(C)C(=O)NC#N. The number of carbonyl (C=O) groups is 1. The van der Waals surface area contributed by atoms with Gasteiger partial charge in [-0.05, 0) is 6.42 Å². The van der Waals surface area contributed by atoms with Crippen molar-refractivity contribution in [3.8, 4) is 6.19 Å². The molecule has 5 heteroatoms. The summed E-state index contributed by atoms with van der Waals surface area (Å²) in [5.74, 6) is 0.797. The van der Waals surface area contributed by atoms with Crippen molar-refractivity contribution in [1.29, 1.82) is 5.26 Å². The van der Waals surface area contributed by atoms with Gasteiger partial charge in [0.25, 0.3) is 0 Å². The number of hydrogen-bond donors (Lipinski definition) is 1. The number of carbonyl (C=O) groups excluding carboxylic acids is 1. The van der Waals surface area contributed by atoms with Crippen LogP contribution < -0.4 is 5.32 Å². The van der Waals surface area contributed by atoms with Crippen LogP contribution in [0, 0.1) is 16.9 Å². The van der Waals surface area contributed by atoms with Gasteiger partial charge in [-0.1, -0.05) is 20.8 Å². The highest BCUT2D eigenvalue weighted by Crippen LogP contribution is 2.20. The average molecular weight is 216 g/mol. The van der Waals surface area contributed by atoms with E-state index >= 15 is 0 Å². The van der Waals surface area contributed by atoms with E-state index in [9.17, 15) is 9.00 Å². The van der Waals surface area contributed by atoms with Crippen molar-refractivity contribution in [3.05, 3.63) is 0 Å². The molecule has 0 aromatic carbocycles. The summed E-state index contributed by atoms with van der Waals surface area (Å²) in [5, 5.41) is 10.4. The van der Waals surface area contributed by atoms with Gasteiger partial charge < -0.3 is 0 Å². The first-order valence-corrected chi connectivity index (χ1v) is 5.97. The summed E-state index contributed by atoms with van der Waals surface area (Å²) < 4.78 is 11.2. The van der Waals surface area contributed by atoms with Crippen LogP contribution in [0.2, 0.25) is 0 Å². The van der Waals surface area contributed by atoms with Gasteiger partial charge in [-0.2, -0.15) is 5.26 Å². The lowest BCUT2D eigenvalue weighted by atomic mass is 9.89. The van der Waals surface area contributed by atoms with Gasteiger partial charge in [0.1, 0.15) is 0 Å². The normalized spacial score (nSPS) is 13.0. The third kappa shape index (κ3) is 4.38. The molecule has 0 rings (SSSR count). The molecule has 0 spiro atoms. The van der Waals surface area contributed by atoms with Gasteiger partial charge in [-0.3, -0.25) is 14.3 Å². The Kier molecular flexibility index (Phi) is 5.39. The van der Waals surface area contributed by atoms with Crippen LogP contribution in [-0.4, -0.2) is 21.6 Å². The number of hydrogen-bond acceptors (Lipinski definition) is 3. The molecule has 0 aliphatic carbocycles. The van der Waals surface area contributed by atoms with Crippen LogP contribution in [0.3, 0.4) is 0 Å². The maximum absolute atomic E-state index is 11.3. The Hall–Kier alpha value is -0.890. The van der Waals surface area contributed by atoms with E-state index in [0.29, 0.717) is 17.9 Å². The minimum Gasteiger partial charge on any atom is -0.273 e. The minimum atomic E-state index is -0.857. The Labute approximate surface area is 87.1 Å². The standard InChI is InChI=1S/C9H16N2O2S/c1-4-14(13)6-5-9(2,3)8(12)11-7-10/h4-6H2,1-3H3,(H,11,12). The van der Waals surface area contributed by atoms with Crippen molar-refractivity contribution < 1.29 is 9.00 Å². The van der Waals surface area contributed by atoms with Crippen molar-refractivity contribution in [2.24, 2.45) is 5.41 Å². The van der Waals surface area contributed by atoms with Crippen LogP contribution >= 0.6 is 0 Å². The molecule has 0 aromatic heterocycles. The van der Waals surface area contributed by atoms with Crippen molar-refractivity contribution >= 4 is 16.7 Å². The van der Waals surface area contributed by atoms with Crippen molar-refractivity contribution in [3.63, 3.8) is 0 Å². The molecule has 0 radical (unpaired) electrons. The Morgan fingerprint density at radius 3 is 2.57 bits per heavy atom. The van der Waals surface area contributed by atoms with Gasteiger partial charge in [0.15, 0.2) is 6.19 Å². The Morgan fingerprint density at radius 1 is 1.57 bits per heavy atom. The molecule has 14 heavy (non-hydrogen) atoms. The quantitative estimate of drug-likeness (QED) is 0.545. The lowest BCUT2D eigenvalue weighted by Crippen LogP contribution is -2.35. The maximum atomic E-state index is 11.3. The van der Waals surface area contributed by atoms with Gasteiger partial charge in [0, 0.05) is 27.7 Å². The third-order valence-electron chi connectivity index (χ3n) is 2.06. The Morgan fingerprint density at radius 2 is 2.14 bits per heavy atom. The lowest BCUT2D eigenvalue weighted by Gasteiger charge is -2.20. The molecule has 0 heterocycles. The van der Waals surface area contributed by atoms with Gasteiger partial charge in [-0.25, -0.2) is 0 Å². The van der Waals surface area contributed by atoms with E-state index in [1.165, 1.54) is 0 Å². The van der Waals surface area contributed by atoms with Crippen LogP contribution in [0.15, 0.2) is 0 Å². The zero-order valence-corrected chi connectivity index (χ0v) is 9.61. The van der Waals surface area contributed by atoms with E-state index < -0.39 is 16.2 Å². The molecule has 0 aromatic rings. The van der Waals surface area contributed by atoms with E-state index in [0.717, 1.165) is 0 Å². The number of amides is 1. The van der Waals surface area contributed by atoms with Crippen LogP contribution in [-0.2, 0) is 15.6 Å². The molecule has 0 saturated carbocycles. The number of nitriles is 1. The molecule has 0 saturated heterocycles. The fourth-order valence-electron chi connectivity index (χ4n) is 0.847. The molecule has 1 unspecified atom stereocenters. The third-order valence-corrected chi connectivity index (χ3v) is 3.36. The van der Waals surface area contributed by atoms with E-state index in [1.807, 2.05) is 6.92 Å². The van der Waals surface area contributed by atoms with Crippen molar-refractivity contribution in [2.45, 2.75) is 27.2 Å². The second-order valence-electron chi connectivity index (χ2n) is 3.63. The Bertz CT molecular complexity index is 268. The summed E-state index contributed by atoms with van der Waals surface area (Å²) in [6, 6.07) is 0. The molecular weight excluding hydrogens is 200 g/mol. The summed E-state index contributed by atoms with van der Waals surface area (Å²) in [7, 11) is -0.857. The van der Waals surface area contributed by atoms with Crippen molar-refractivity contribution in [1.82, 2.24) is 5.32 Å². The zero-order valence-electron chi connectivity index (χ0n) is 8.79. The molecular formula is C9H16N2O2S. The largest absolute Gasteiger partial charge is 0.273 e. The Balaban J connectivity index is 4.14. The van der Waals surface area contributed by atoms with Crippen LogP contribution in [0.5, 0.6) is 0 Å². The molecule has 4 nitrogen and oxygen atoms in total. The first-order valence-electron chi connectivity index (χ1n) is 4.48. The summed E-state index contributed by atoms with van der Waals surface area (Å²) in [5.41, 5.74) is -0.624. The van der Waals surface area contributed by atoms with E-state index in [2.05, 4.69) is 5.32 Å². The highest BCUT2D eigenvalue weighted by Gasteiger charge is 2.27. The molecule has 1 amide bonds. The lowest BCUT2D eigenvalue weighted by molar-refractivity contribution is -0.128. The van der Waals surface area contributed by atoms with Gasteiger partial charge in [0.05, 0.1) is 0 Å². The molecule has 0 fully saturated rings. The maximum Gasteiger partial charge on any atom is 0.238 e. The summed E-state index contributed by atoms with van der Waals surface area (Å²) in [6.45, 7) is 5.33. The fraction of sp³-hybridized carbons (Fsp3) is 0.778. The second kappa shape index (κ2) is 5.76. The number of nitrogens with one attached hydrogen (secondary N) is 1. The minimum absolute atomic E-state index is 0.312. The fourth-order valence-corrected chi connectivity index (χ4v) is 1.87. The van der Waals surface area contributed by atoms with E-state index in [1.54, 1.807) is 20.0 Å². The molecule has 0 bridgehead atoms. The van der Waals surface area contributed by atoms with Gasteiger partial charge in [-0.15, -0.1) is 0 Å². The molecule has 80 valence electrons. The second-order valence-corrected chi connectivity index (χ2v) is 5.50. The predicted molar refractivity (Wildman–Crippen MR) is 55.7 cm³/mol. The number of rotatable bonds is 5. The summed E-state index contributed by atoms with van der Waals surface area (Å²) in [4.78, 5) is 11.3. The summed E-state index contributed by atoms with van der Waals surface area (Å²) in [6.07, 6.45) is 2.13. The van der Waals surface area contributed by atoms with Gasteiger partial charge >= 0.3 is 0 Å². The monoisotopic (exact) mass is 216 g/mol. The van der Waals surface area contributed by atoms with Crippen LogP contribution in [0.4, 0.5) is 0 Å². The van der Waals surface area contributed by atoms with Crippen LogP contribution in [0.1, 0.15) is 27.2 Å². The molecule has 1 N–H and O–H groups in total. The highest BCUT2D eigenvalue weighted by molar-refractivity contribution is 7.84. The molecule has 0 aliphatic heterocycles. The summed E-state index contributed by atoms with van der Waals surface area (Å²) >= 11 is 0. The first-order chi connectivity index (χ1) is 6.44. The van der Waals surface area contributed by atoms with E-state index in [4.69, 9.17) is 5.26 Å². The molecule has 0 aliphatic rings. The first kappa shape index (κ1) is 13.1. The van der Waals surface area contributed by atoms with E-state index in [-0.39, 0.29) is 5.91 Å². The topological polar surface area (TPSA) is 70.0 Å².